The van der Waals surface area contributed by atoms with Gasteiger partial charge in [-0.2, -0.15) is 0 Å². The average molecular weight is 467 g/mol. The van der Waals surface area contributed by atoms with E-state index in [9.17, 15) is 14.4 Å². The van der Waals surface area contributed by atoms with Crippen LogP contribution in [0.3, 0.4) is 0 Å². The summed E-state index contributed by atoms with van der Waals surface area (Å²) in [5, 5.41) is 6.55. The van der Waals surface area contributed by atoms with Crippen LogP contribution in [-0.4, -0.2) is 31.0 Å². The molecular weight excluding hydrogens is 440 g/mol. The van der Waals surface area contributed by atoms with E-state index in [-0.39, 0.29) is 5.91 Å². The first-order valence-electron chi connectivity index (χ1n) is 9.61. The molecule has 1 aromatic heterocycles. The van der Waals surface area contributed by atoms with E-state index in [0.717, 1.165) is 16.9 Å². The topological polar surface area (TPSA) is 93.7 Å². The Morgan fingerprint density at radius 2 is 1.71 bits per heavy atom. The van der Waals surface area contributed by atoms with Gasteiger partial charge in [0.05, 0.1) is 17.8 Å². The predicted molar refractivity (Wildman–Crippen MR) is 123 cm³/mol. The molecule has 168 valence electrons. The van der Waals surface area contributed by atoms with Crippen LogP contribution in [-0.2, 0) is 14.3 Å². The first kappa shape index (κ1) is 24.7. The van der Waals surface area contributed by atoms with Crippen molar-refractivity contribution in [1.82, 2.24) is 0 Å². The van der Waals surface area contributed by atoms with E-state index in [1.807, 2.05) is 0 Å². The van der Waals surface area contributed by atoms with Crippen molar-refractivity contribution in [3.05, 3.63) is 39.2 Å². The lowest BCUT2D eigenvalue weighted by molar-refractivity contribution is -0.124. The molecule has 9 heteroatoms. The van der Waals surface area contributed by atoms with Crippen LogP contribution in [0.25, 0.3) is 0 Å². The Labute approximate surface area is 191 Å². The maximum Gasteiger partial charge on any atom is 0.349 e. The summed E-state index contributed by atoms with van der Waals surface area (Å²) in [6.07, 6.45) is -1.05. The first-order chi connectivity index (χ1) is 14.3. The van der Waals surface area contributed by atoms with E-state index in [4.69, 9.17) is 21.1 Å². The van der Waals surface area contributed by atoms with Crippen molar-refractivity contribution in [2.45, 2.75) is 47.6 Å². The summed E-state index contributed by atoms with van der Waals surface area (Å²) >= 11 is 7.19. The van der Waals surface area contributed by atoms with Gasteiger partial charge in [-0.15, -0.1) is 11.3 Å². The van der Waals surface area contributed by atoms with Gasteiger partial charge in [0.1, 0.15) is 10.6 Å². The zero-order valence-corrected chi connectivity index (χ0v) is 20.2. The van der Waals surface area contributed by atoms with Crippen molar-refractivity contribution in [3.8, 4) is 5.75 Å². The van der Waals surface area contributed by atoms with Crippen LogP contribution in [0.5, 0.6) is 5.75 Å². The SMILES string of the molecule is COc1cc(Cl)c(C)cc1NC(=O)C(C)OC(=O)c1sc(NC(=O)C(C)(C)C)cc1C. The molecule has 0 bridgehead atoms. The molecule has 1 atom stereocenters. The van der Waals surface area contributed by atoms with E-state index in [1.165, 1.54) is 14.0 Å². The summed E-state index contributed by atoms with van der Waals surface area (Å²) in [6.45, 7) is 10.4. The number of carbonyl (C=O) groups excluding carboxylic acids is 3. The molecule has 0 aliphatic carbocycles. The lowest BCUT2D eigenvalue weighted by Crippen LogP contribution is -2.30. The number of esters is 1. The maximum atomic E-state index is 12.6. The molecule has 1 heterocycles. The number of aryl methyl sites for hydroxylation is 2. The minimum absolute atomic E-state index is 0.159. The van der Waals surface area contributed by atoms with Gasteiger partial charge in [0.2, 0.25) is 5.91 Å². The van der Waals surface area contributed by atoms with Gasteiger partial charge in [-0.3, -0.25) is 9.59 Å². The summed E-state index contributed by atoms with van der Waals surface area (Å²) in [7, 11) is 1.47. The lowest BCUT2D eigenvalue weighted by atomic mass is 9.96. The fraction of sp³-hybridized carbons (Fsp3) is 0.409. The largest absolute Gasteiger partial charge is 0.495 e. The maximum absolute atomic E-state index is 12.6. The van der Waals surface area contributed by atoms with E-state index in [2.05, 4.69) is 10.6 Å². The molecule has 0 aliphatic heterocycles. The monoisotopic (exact) mass is 466 g/mol. The third-order valence-corrected chi connectivity index (χ3v) is 5.95. The van der Waals surface area contributed by atoms with Crippen molar-refractivity contribution >= 4 is 51.4 Å². The Hall–Kier alpha value is -2.58. The quantitative estimate of drug-likeness (QED) is 0.571. The van der Waals surface area contributed by atoms with Gasteiger partial charge in [0, 0.05) is 16.5 Å². The number of methoxy groups -OCH3 is 1. The minimum Gasteiger partial charge on any atom is -0.495 e. The Morgan fingerprint density at radius 1 is 1.06 bits per heavy atom. The molecule has 31 heavy (non-hydrogen) atoms. The number of anilines is 2. The number of hydrogen-bond acceptors (Lipinski definition) is 6. The number of rotatable bonds is 6. The molecule has 2 N–H and O–H groups in total. The predicted octanol–water partition coefficient (Wildman–Crippen LogP) is 5.20. The fourth-order valence-electron chi connectivity index (χ4n) is 2.48. The molecule has 7 nitrogen and oxygen atoms in total. The molecule has 1 unspecified atom stereocenters. The third-order valence-electron chi connectivity index (χ3n) is 4.41. The number of carbonyl (C=O) groups is 3. The Kier molecular flexibility index (Phi) is 7.72. The zero-order valence-electron chi connectivity index (χ0n) is 18.6. The van der Waals surface area contributed by atoms with E-state index < -0.39 is 23.4 Å². The normalized spacial score (nSPS) is 12.1. The van der Waals surface area contributed by atoms with Gasteiger partial charge in [-0.05, 0) is 44.0 Å². The van der Waals surface area contributed by atoms with Crippen LogP contribution in [0.2, 0.25) is 5.02 Å². The van der Waals surface area contributed by atoms with Crippen LogP contribution < -0.4 is 15.4 Å². The fourth-order valence-corrected chi connectivity index (χ4v) is 3.58. The number of hydrogen-bond donors (Lipinski definition) is 2. The highest BCUT2D eigenvalue weighted by Gasteiger charge is 2.25. The van der Waals surface area contributed by atoms with Crippen molar-refractivity contribution in [3.63, 3.8) is 0 Å². The second kappa shape index (κ2) is 9.70. The standard InChI is InChI=1S/C22H27ClN2O5S/c1-11-8-15(16(29-7)10-14(11)23)24-19(26)13(3)30-20(27)18-12(2)9-17(31-18)25-21(28)22(4,5)6/h8-10,13H,1-7H3,(H,24,26)(H,25,28). The van der Waals surface area contributed by atoms with Crippen LogP contribution in [0.1, 0.15) is 48.5 Å². The highest BCUT2D eigenvalue weighted by atomic mass is 35.5. The second-order valence-corrected chi connectivity index (χ2v) is 9.62. The molecule has 2 aromatic rings. The van der Waals surface area contributed by atoms with E-state index in [0.29, 0.717) is 31.9 Å². The number of halogens is 1. The summed E-state index contributed by atoms with van der Waals surface area (Å²) in [5.74, 6) is -0.908. The van der Waals surface area contributed by atoms with E-state index >= 15 is 0 Å². The smallest absolute Gasteiger partial charge is 0.349 e. The van der Waals surface area contributed by atoms with E-state index in [1.54, 1.807) is 52.8 Å². The van der Waals surface area contributed by atoms with Crippen molar-refractivity contribution in [2.75, 3.05) is 17.7 Å². The van der Waals surface area contributed by atoms with Crippen LogP contribution in [0, 0.1) is 19.3 Å². The molecule has 0 saturated carbocycles. The summed E-state index contributed by atoms with van der Waals surface area (Å²) in [4.78, 5) is 37.7. The van der Waals surface area contributed by atoms with Crippen LogP contribution in [0.15, 0.2) is 18.2 Å². The number of thiophene rings is 1. The molecule has 0 fully saturated rings. The minimum atomic E-state index is -1.05. The highest BCUT2D eigenvalue weighted by Crippen LogP contribution is 2.32. The third kappa shape index (κ3) is 6.21. The van der Waals surface area contributed by atoms with Gasteiger partial charge in [0.25, 0.3) is 5.91 Å². The van der Waals surface area contributed by atoms with Crippen LogP contribution in [0.4, 0.5) is 10.7 Å². The van der Waals surface area contributed by atoms with Crippen molar-refractivity contribution in [2.24, 2.45) is 5.41 Å². The number of benzene rings is 1. The Balaban J connectivity index is 2.08. The zero-order chi connectivity index (χ0) is 23.5. The Morgan fingerprint density at radius 3 is 2.29 bits per heavy atom. The van der Waals surface area contributed by atoms with Gasteiger partial charge in [0.15, 0.2) is 6.10 Å². The van der Waals surface area contributed by atoms with Gasteiger partial charge < -0.3 is 20.1 Å². The van der Waals surface area contributed by atoms with Gasteiger partial charge in [-0.25, -0.2) is 4.79 Å². The van der Waals surface area contributed by atoms with Crippen LogP contribution >= 0.6 is 22.9 Å². The summed E-state index contributed by atoms with van der Waals surface area (Å²) < 4.78 is 10.6. The van der Waals surface area contributed by atoms with Crippen molar-refractivity contribution < 1.29 is 23.9 Å². The van der Waals surface area contributed by atoms with Gasteiger partial charge >= 0.3 is 5.97 Å². The first-order valence-corrected chi connectivity index (χ1v) is 10.8. The van der Waals surface area contributed by atoms with Crippen molar-refractivity contribution in [1.29, 1.82) is 0 Å². The highest BCUT2D eigenvalue weighted by molar-refractivity contribution is 7.18. The molecule has 0 aliphatic rings. The molecule has 2 amide bonds. The second-order valence-electron chi connectivity index (χ2n) is 8.17. The lowest BCUT2D eigenvalue weighted by Gasteiger charge is -2.16. The number of amides is 2. The molecule has 1 aromatic carbocycles. The van der Waals surface area contributed by atoms with Gasteiger partial charge in [-0.1, -0.05) is 32.4 Å². The average Bonchev–Trinajstić information content (AvgIpc) is 3.03. The molecular formula is C22H27ClN2O5S. The molecule has 2 rings (SSSR count). The number of ether oxygens (including phenoxy) is 2. The summed E-state index contributed by atoms with van der Waals surface area (Å²) in [6, 6.07) is 4.99. The Bertz CT molecular complexity index is 1010. The molecule has 0 radical (unpaired) electrons. The molecule has 0 saturated heterocycles. The molecule has 0 spiro atoms. The summed E-state index contributed by atoms with van der Waals surface area (Å²) in [5.41, 5.74) is 1.28. The number of nitrogens with one attached hydrogen (secondary N) is 2.